The highest BCUT2D eigenvalue weighted by atomic mass is 16.5. The Labute approximate surface area is 91.8 Å². The predicted octanol–water partition coefficient (Wildman–Crippen LogP) is 1.73. The second-order valence-corrected chi connectivity index (χ2v) is 5.06. The van der Waals surface area contributed by atoms with Crippen LogP contribution in [0.15, 0.2) is 0 Å². The second kappa shape index (κ2) is 4.04. The molecule has 3 nitrogen and oxygen atoms in total. The summed E-state index contributed by atoms with van der Waals surface area (Å²) in [5, 5.41) is 9.95. The van der Waals surface area contributed by atoms with Crippen molar-refractivity contribution in [1.29, 1.82) is 0 Å². The number of aliphatic hydroxyl groups excluding tert-OH is 1. The number of rotatable bonds is 4. The van der Waals surface area contributed by atoms with Gasteiger partial charge in [0.05, 0.1) is 18.3 Å². The van der Waals surface area contributed by atoms with E-state index in [0.717, 1.165) is 32.3 Å². The Hall–Kier alpha value is -0.120. The molecule has 2 rings (SSSR count). The Balaban J connectivity index is 2.17. The third kappa shape index (κ3) is 1.71. The smallest absolute Gasteiger partial charge is 0.0994 e. The normalized spacial score (nSPS) is 36.2. The molecule has 1 saturated carbocycles. The van der Waals surface area contributed by atoms with Crippen LogP contribution in [0.5, 0.6) is 0 Å². The summed E-state index contributed by atoms with van der Waals surface area (Å²) < 4.78 is 11.3. The van der Waals surface area contributed by atoms with Crippen molar-refractivity contribution in [1.82, 2.24) is 0 Å². The van der Waals surface area contributed by atoms with Crippen LogP contribution < -0.4 is 0 Å². The fourth-order valence-electron chi connectivity index (χ4n) is 3.12. The Bertz CT molecular complexity index is 209. The molecule has 0 aromatic rings. The maximum Gasteiger partial charge on any atom is 0.0994 e. The summed E-state index contributed by atoms with van der Waals surface area (Å²) in [6.45, 7) is 3.33. The molecule has 1 saturated heterocycles. The minimum absolute atomic E-state index is 0.0244. The minimum Gasteiger partial charge on any atom is -0.393 e. The molecule has 0 aromatic carbocycles. The Morgan fingerprint density at radius 3 is 2.47 bits per heavy atom. The van der Waals surface area contributed by atoms with E-state index in [1.54, 1.807) is 7.11 Å². The van der Waals surface area contributed by atoms with Crippen molar-refractivity contribution in [3.8, 4) is 0 Å². The van der Waals surface area contributed by atoms with Crippen LogP contribution in [0, 0.1) is 5.41 Å². The molecule has 1 aliphatic carbocycles. The molecule has 0 bridgehead atoms. The highest BCUT2D eigenvalue weighted by Crippen LogP contribution is 2.60. The van der Waals surface area contributed by atoms with Crippen LogP contribution in [0.4, 0.5) is 0 Å². The molecule has 3 heteroatoms. The lowest BCUT2D eigenvalue weighted by molar-refractivity contribution is -0.180. The van der Waals surface area contributed by atoms with Crippen molar-refractivity contribution in [2.75, 3.05) is 20.3 Å². The van der Waals surface area contributed by atoms with Crippen molar-refractivity contribution < 1.29 is 14.6 Å². The predicted molar refractivity (Wildman–Crippen MR) is 57.8 cm³/mol. The SMILES string of the molecule is COCC1(C2(C(C)O)CC2)CCCCO1. The fraction of sp³-hybridized carbons (Fsp3) is 1.00. The number of hydrogen-bond acceptors (Lipinski definition) is 3. The van der Waals surface area contributed by atoms with Crippen molar-refractivity contribution in [3.05, 3.63) is 0 Å². The van der Waals surface area contributed by atoms with Crippen LogP contribution in [0.3, 0.4) is 0 Å². The van der Waals surface area contributed by atoms with Gasteiger partial charge in [-0.3, -0.25) is 0 Å². The molecule has 1 N–H and O–H groups in total. The van der Waals surface area contributed by atoms with E-state index in [0.29, 0.717) is 6.61 Å². The van der Waals surface area contributed by atoms with Gasteiger partial charge in [0.15, 0.2) is 0 Å². The van der Waals surface area contributed by atoms with E-state index >= 15 is 0 Å². The third-order valence-corrected chi connectivity index (χ3v) is 4.23. The average molecular weight is 214 g/mol. The van der Waals surface area contributed by atoms with Gasteiger partial charge in [0.2, 0.25) is 0 Å². The van der Waals surface area contributed by atoms with Gasteiger partial charge in [-0.25, -0.2) is 0 Å². The van der Waals surface area contributed by atoms with Crippen LogP contribution >= 0.6 is 0 Å². The zero-order valence-electron chi connectivity index (χ0n) is 9.79. The molecule has 0 spiro atoms. The zero-order chi connectivity index (χ0) is 10.9. The van der Waals surface area contributed by atoms with Gasteiger partial charge >= 0.3 is 0 Å². The standard InChI is InChI=1S/C12H22O3/c1-10(13)11(6-7-11)12(9-14-2)5-3-4-8-15-12/h10,13H,3-9H2,1-2H3. The van der Waals surface area contributed by atoms with Crippen molar-refractivity contribution in [2.45, 2.75) is 50.7 Å². The summed E-state index contributed by atoms with van der Waals surface area (Å²) in [5.74, 6) is 0. The first kappa shape index (κ1) is 11.4. The van der Waals surface area contributed by atoms with Crippen LogP contribution in [-0.2, 0) is 9.47 Å². The van der Waals surface area contributed by atoms with Crippen molar-refractivity contribution >= 4 is 0 Å². The molecule has 1 aliphatic heterocycles. The zero-order valence-corrected chi connectivity index (χ0v) is 9.79. The first-order valence-electron chi connectivity index (χ1n) is 5.98. The monoisotopic (exact) mass is 214 g/mol. The largest absolute Gasteiger partial charge is 0.393 e. The van der Waals surface area contributed by atoms with Crippen molar-refractivity contribution in [3.63, 3.8) is 0 Å². The van der Waals surface area contributed by atoms with E-state index in [2.05, 4.69) is 0 Å². The average Bonchev–Trinajstić information content (AvgIpc) is 3.00. The lowest BCUT2D eigenvalue weighted by Gasteiger charge is -2.45. The number of ether oxygens (including phenoxy) is 2. The molecular formula is C12H22O3. The second-order valence-electron chi connectivity index (χ2n) is 5.06. The highest BCUT2D eigenvalue weighted by Gasteiger charge is 2.63. The van der Waals surface area contributed by atoms with Gasteiger partial charge in [0.1, 0.15) is 0 Å². The molecule has 15 heavy (non-hydrogen) atoms. The van der Waals surface area contributed by atoms with Crippen LogP contribution in [0.1, 0.15) is 39.0 Å². The Morgan fingerprint density at radius 1 is 1.33 bits per heavy atom. The van der Waals surface area contributed by atoms with Gasteiger partial charge in [0, 0.05) is 19.1 Å². The number of aliphatic hydroxyl groups is 1. The summed E-state index contributed by atoms with van der Waals surface area (Å²) in [6.07, 6.45) is 5.23. The van der Waals surface area contributed by atoms with Gasteiger partial charge in [-0.2, -0.15) is 0 Å². The molecule has 88 valence electrons. The Morgan fingerprint density at radius 2 is 2.07 bits per heavy atom. The van der Waals surface area contributed by atoms with E-state index in [1.165, 1.54) is 6.42 Å². The maximum absolute atomic E-state index is 9.95. The van der Waals surface area contributed by atoms with E-state index in [-0.39, 0.29) is 17.1 Å². The number of hydrogen-bond donors (Lipinski definition) is 1. The van der Waals surface area contributed by atoms with Gasteiger partial charge in [-0.1, -0.05) is 0 Å². The highest BCUT2D eigenvalue weighted by molar-refractivity contribution is 5.12. The minimum atomic E-state index is -0.286. The van der Waals surface area contributed by atoms with E-state index in [4.69, 9.17) is 9.47 Å². The van der Waals surface area contributed by atoms with E-state index in [9.17, 15) is 5.11 Å². The lowest BCUT2D eigenvalue weighted by atomic mass is 9.76. The summed E-state index contributed by atoms with van der Waals surface area (Å²) in [5.41, 5.74) is -0.238. The van der Waals surface area contributed by atoms with E-state index < -0.39 is 0 Å². The molecule has 1 heterocycles. The summed E-state index contributed by atoms with van der Waals surface area (Å²) in [4.78, 5) is 0. The summed E-state index contributed by atoms with van der Waals surface area (Å²) in [7, 11) is 1.72. The quantitative estimate of drug-likeness (QED) is 0.774. The molecular weight excluding hydrogens is 192 g/mol. The molecule has 0 radical (unpaired) electrons. The molecule has 2 unspecified atom stereocenters. The molecule has 2 atom stereocenters. The molecule has 2 aliphatic rings. The number of methoxy groups -OCH3 is 1. The fourth-order valence-corrected chi connectivity index (χ4v) is 3.12. The molecule has 0 amide bonds. The summed E-state index contributed by atoms with van der Waals surface area (Å²) in [6, 6.07) is 0. The van der Waals surface area contributed by atoms with Crippen LogP contribution in [0.2, 0.25) is 0 Å². The van der Waals surface area contributed by atoms with Crippen molar-refractivity contribution in [2.24, 2.45) is 5.41 Å². The first-order valence-corrected chi connectivity index (χ1v) is 5.98. The van der Waals surface area contributed by atoms with Gasteiger partial charge in [-0.15, -0.1) is 0 Å². The Kier molecular flexibility index (Phi) is 3.06. The maximum atomic E-state index is 9.95. The van der Waals surface area contributed by atoms with Gasteiger partial charge in [-0.05, 0) is 39.0 Å². The molecule has 2 fully saturated rings. The van der Waals surface area contributed by atoms with Crippen LogP contribution in [0.25, 0.3) is 0 Å². The van der Waals surface area contributed by atoms with Gasteiger partial charge < -0.3 is 14.6 Å². The third-order valence-electron chi connectivity index (χ3n) is 4.23. The van der Waals surface area contributed by atoms with Gasteiger partial charge in [0.25, 0.3) is 0 Å². The molecule has 0 aromatic heterocycles. The first-order chi connectivity index (χ1) is 7.17. The van der Waals surface area contributed by atoms with Crippen LogP contribution in [-0.4, -0.2) is 37.1 Å². The van der Waals surface area contributed by atoms with E-state index in [1.807, 2.05) is 6.92 Å². The lowest BCUT2D eigenvalue weighted by Crippen LogP contribution is -2.52. The topological polar surface area (TPSA) is 38.7 Å². The summed E-state index contributed by atoms with van der Waals surface area (Å²) >= 11 is 0.